The van der Waals surface area contributed by atoms with E-state index in [2.05, 4.69) is 130 Å². The minimum atomic E-state index is -0.596. The van der Waals surface area contributed by atoms with E-state index in [1.54, 1.807) is 0 Å². The van der Waals surface area contributed by atoms with E-state index in [0.29, 0.717) is 13.0 Å². The summed E-state index contributed by atoms with van der Waals surface area (Å²) >= 11 is 0. The molecule has 374 valence electrons. The predicted molar refractivity (Wildman–Crippen MR) is 288 cm³/mol. The zero-order chi connectivity index (χ0) is 47.7. The standard InChI is InChI=1S/C61H100O5/c1-4-7-10-13-16-19-22-25-28-29-30-31-32-35-38-41-44-47-50-53-56-64-57-59(66-61(63)55-52-49-46-43-40-37-34-27-24-21-18-15-12-9-6-3)58-65-60(62)54-51-48-45-42-39-36-33-26-23-20-17-14-11-8-5-2/h7-8,10-11,16-17,19-20,25-26,28,30-31,33,35,38-39,42,48,51,59H,4-6,9,12-15,18,21-24,27,29,32,34,36-37,40-41,43-47,49-50,52-58H2,1-3H3/b10-7-,11-8-,19-16-,20-17-,28-25-,31-30-,33-26-,38-35-,42-39-,51-48-. The SMILES string of the molecule is CC/C=C\C/C=C\C/C=C\C/C=C\C/C=C\CCCCCCOCC(COC(=O)C/C=C\C/C=C\C/C=C\C/C=C\C/C=C\CC)OC(=O)CCCCCCCCCCCCCCCCC. The smallest absolute Gasteiger partial charge is 0.309 e. The maximum Gasteiger partial charge on any atom is 0.309 e. The molecule has 0 spiro atoms. The molecule has 0 rings (SSSR count). The number of carbonyl (C=O) groups is 2. The normalized spacial score (nSPS) is 13.2. The Morgan fingerprint density at radius 3 is 1.17 bits per heavy atom. The Bertz CT molecular complexity index is 1350. The quantitative estimate of drug-likeness (QED) is 0.0346. The van der Waals surface area contributed by atoms with Crippen LogP contribution in [-0.2, 0) is 23.8 Å². The minimum Gasteiger partial charge on any atom is -0.461 e. The van der Waals surface area contributed by atoms with Gasteiger partial charge in [0.25, 0.3) is 0 Å². The zero-order valence-electron chi connectivity index (χ0n) is 42.9. The van der Waals surface area contributed by atoms with Gasteiger partial charge < -0.3 is 14.2 Å². The van der Waals surface area contributed by atoms with Crippen molar-refractivity contribution in [2.45, 2.75) is 232 Å². The van der Waals surface area contributed by atoms with Crippen molar-refractivity contribution in [3.63, 3.8) is 0 Å². The molecule has 0 radical (unpaired) electrons. The summed E-state index contributed by atoms with van der Waals surface area (Å²) in [6.07, 6.45) is 78.1. The number of esters is 2. The van der Waals surface area contributed by atoms with E-state index in [1.807, 2.05) is 12.2 Å². The van der Waals surface area contributed by atoms with Crippen molar-refractivity contribution in [3.8, 4) is 0 Å². The Kier molecular flexibility index (Phi) is 52.5. The van der Waals surface area contributed by atoms with Crippen LogP contribution in [0.25, 0.3) is 0 Å². The highest BCUT2D eigenvalue weighted by Gasteiger charge is 2.17. The van der Waals surface area contributed by atoms with Gasteiger partial charge in [-0.2, -0.15) is 0 Å². The van der Waals surface area contributed by atoms with Crippen LogP contribution in [-0.4, -0.2) is 37.9 Å². The van der Waals surface area contributed by atoms with Crippen LogP contribution in [0.4, 0.5) is 0 Å². The molecule has 0 aliphatic rings. The van der Waals surface area contributed by atoms with Crippen molar-refractivity contribution in [3.05, 3.63) is 122 Å². The van der Waals surface area contributed by atoms with Crippen LogP contribution in [0.1, 0.15) is 226 Å². The van der Waals surface area contributed by atoms with Gasteiger partial charge in [-0.15, -0.1) is 0 Å². The maximum absolute atomic E-state index is 12.8. The van der Waals surface area contributed by atoms with Gasteiger partial charge in [0.1, 0.15) is 6.61 Å². The summed E-state index contributed by atoms with van der Waals surface area (Å²) in [4.78, 5) is 25.4. The molecule has 0 saturated heterocycles. The Balaban J connectivity index is 4.44. The summed E-state index contributed by atoms with van der Waals surface area (Å²) < 4.78 is 17.3. The molecule has 5 heteroatoms. The Labute approximate surface area is 407 Å². The Morgan fingerprint density at radius 1 is 0.364 bits per heavy atom. The highest BCUT2D eigenvalue weighted by molar-refractivity contribution is 5.71. The van der Waals surface area contributed by atoms with Crippen LogP contribution in [0, 0.1) is 0 Å². The van der Waals surface area contributed by atoms with Crippen molar-refractivity contribution in [1.82, 2.24) is 0 Å². The molecule has 0 aromatic heterocycles. The molecular formula is C61H100O5. The van der Waals surface area contributed by atoms with E-state index < -0.39 is 6.10 Å². The van der Waals surface area contributed by atoms with Gasteiger partial charge in [0, 0.05) is 13.0 Å². The van der Waals surface area contributed by atoms with Crippen molar-refractivity contribution in [2.75, 3.05) is 19.8 Å². The second-order valence-corrected chi connectivity index (χ2v) is 17.4. The third-order valence-electron chi connectivity index (χ3n) is 11.0. The van der Waals surface area contributed by atoms with Gasteiger partial charge in [-0.3, -0.25) is 9.59 Å². The Morgan fingerprint density at radius 2 is 0.727 bits per heavy atom. The third kappa shape index (κ3) is 52.9. The highest BCUT2D eigenvalue weighted by atomic mass is 16.6. The van der Waals surface area contributed by atoms with Gasteiger partial charge >= 0.3 is 11.9 Å². The van der Waals surface area contributed by atoms with Crippen LogP contribution in [0.5, 0.6) is 0 Å². The number of ether oxygens (including phenoxy) is 3. The lowest BCUT2D eigenvalue weighted by Crippen LogP contribution is -2.30. The van der Waals surface area contributed by atoms with Crippen molar-refractivity contribution in [1.29, 1.82) is 0 Å². The van der Waals surface area contributed by atoms with Crippen LogP contribution in [0.15, 0.2) is 122 Å². The monoisotopic (exact) mass is 913 g/mol. The third-order valence-corrected chi connectivity index (χ3v) is 11.0. The molecule has 0 amide bonds. The summed E-state index contributed by atoms with van der Waals surface area (Å²) in [5, 5.41) is 0. The lowest BCUT2D eigenvalue weighted by atomic mass is 10.0. The number of hydrogen-bond donors (Lipinski definition) is 0. The molecule has 0 N–H and O–H groups in total. The molecule has 0 bridgehead atoms. The van der Waals surface area contributed by atoms with E-state index >= 15 is 0 Å². The molecule has 0 heterocycles. The minimum absolute atomic E-state index is 0.0153. The fourth-order valence-electron chi connectivity index (χ4n) is 7.08. The fraction of sp³-hybridized carbons (Fsp3) is 0.639. The molecule has 0 aliphatic heterocycles. The second-order valence-electron chi connectivity index (χ2n) is 17.4. The topological polar surface area (TPSA) is 61.8 Å². The highest BCUT2D eigenvalue weighted by Crippen LogP contribution is 2.15. The predicted octanol–water partition coefficient (Wildman–Crippen LogP) is 18.6. The van der Waals surface area contributed by atoms with E-state index in [1.165, 1.54) is 77.0 Å². The van der Waals surface area contributed by atoms with E-state index in [4.69, 9.17) is 14.2 Å². The summed E-state index contributed by atoms with van der Waals surface area (Å²) in [5.74, 6) is -0.561. The average Bonchev–Trinajstić information content (AvgIpc) is 3.32. The maximum atomic E-state index is 12.8. The van der Waals surface area contributed by atoms with Gasteiger partial charge in [0.2, 0.25) is 0 Å². The number of unbranched alkanes of at least 4 members (excludes halogenated alkanes) is 18. The van der Waals surface area contributed by atoms with Gasteiger partial charge in [0.15, 0.2) is 6.10 Å². The lowest BCUT2D eigenvalue weighted by molar-refractivity contribution is -0.162. The van der Waals surface area contributed by atoms with Gasteiger partial charge in [0.05, 0.1) is 13.0 Å². The van der Waals surface area contributed by atoms with Gasteiger partial charge in [-0.1, -0.05) is 245 Å². The Hall–Kier alpha value is -3.70. The molecule has 0 aromatic rings. The second kappa shape index (κ2) is 55.6. The zero-order valence-corrected chi connectivity index (χ0v) is 42.9. The average molecular weight is 913 g/mol. The van der Waals surface area contributed by atoms with E-state index in [9.17, 15) is 9.59 Å². The molecular weight excluding hydrogens is 813 g/mol. The van der Waals surface area contributed by atoms with E-state index in [0.717, 1.165) is 116 Å². The number of allylic oxidation sites excluding steroid dienone is 19. The summed E-state index contributed by atoms with van der Waals surface area (Å²) in [6, 6.07) is 0. The molecule has 0 saturated carbocycles. The summed E-state index contributed by atoms with van der Waals surface area (Å²) in [7, 11) is 0. The molecule has 5 nitrogen and oxygen atoms in total. The first-order chi connectivity index (χ1) is 32.6. The number of hydrogen-bond acceptors (Lipinski definition) is 5. The molecule has 0 aliphatic carbocycles. The van der Waals surface area contributed by atoms with Crippen LogP contribution in [0.2, 0.25) is 0 Å². The van der Waals surface area contributed by atoms with Gasteiger partial charge in [-0.05, 0) is 89.9 Å². The molecule has 1 unspecified atom stereocenters. The van der Waals surface area contributed by atoms with Gasteiger partial charge in [-0.25, -0.2) is 0 Å². The molecule has 0 fully saturated rings. The van der Waals surface area contributed by atoms with Crippen molar-refractivity contribution < 1.29 is 23.8 Å². The summed E-state index contributed by atoms with van der Waals surface area (Å²) in [6.45, 7) is 7.44. The first-order valence-electron chi connectivity index (χ1n) is 27.1. The first kappa shape index (κ1) is 62.3. The van der Waals surface area contributed by atoms with Crippen LogP contribution in [0.3, 0.4) is 0 Å². The summed E-state index contributed by atoms with van der Waals surface area (Å²) in [5.41, 5.74) is 0. The number of carbonyl (C=O) groups excluding carboxylic acids is 2. The number of rotatable bonds is 48. The van der Waals surface area contributed by atoms with Crippen LogP contribution >= 0.6 is 0 Å². The van der Waals surface area contributed by atoms with E-state index in [-0.39, 0.29) is 31.6 Å². The van der Waals surface area contributed by atoms with Crippen molar-refractivity contribution in [2.24, 2.45) is 0 Å². The van der Waals surface area contributed by atoms with Crippen LogP contribution < -0.4 is 0 Å². The fourth-order valence-corrected chi connectivity index (χ4v) is 7.08. The molecule has 0 aromatic carbocycles. The molecule has 66 heavy (non-hydrogen) atoms. The van der Waals surface area contributed by atoms with Crippen molar-refractivity contribution >= 4 is 11.9 Å². The molecule has 1 atom stereocenters. The largest absolute Gasteiger partial charge is 0.461 e. The first-order valence-corrected chi connectivity index (χ1v) is 27.1. The lowest BCUT2D eigenvalue weighted by Gasteiger charge is -2.18.